The molecule has 1 aliphatic heterocycles. The van der Waals surface area contributed by atoms with Crippen LogP contribution in [0, 0.1) is 5.41 Å². The molecule has 0 amide bonds. The Hall–Kier alpha value is -2.73. The van der Waals surface area contributed by atoms with Gasteiger partial charge in [0, 0.05) is 18.4 Å². The molecule has 1 atom stereocenters. The number of nitrogens with zero attached hydrogens (tertiary/aromatic N) is 2. The maximum absolute atomic E-state index is 13.1. The minimum atomic E-state index is -0.313. The largest absolute Gasteiger partial charge is 0.430 e. The van der Waals surface area contributed by atoms with Crippen molar-refractivity contribution in [1.82, 2.24) is 4.98 Å². The predicted octanol–water partition coefficient (Wildman–Crippen LogP) is 2.11. The zero-order valence-corrected chi connectivity index (χ0v) is 15.6. The maximum atomic E-state index is 13.1. The van der Waals surface area contributed by atoms with E-state index in [9.17, 15) is 9.90 Å². The number of ketones is 1. The van der Waals surface area contributed by atoms with Crippen LogP contribution in [0.2, 0.25) is 0 Å². The van der Waals surface area contributed by atoms with E-state index in [0.29, 0.717) is 48.0 Å². The Morgan fingerprint density at radius 1 is 1.30 bits per heavy atom. The fourth-order valence-corrected chi connectivity index (χ4v) is 4.09. The highest BCUT2D eigenvalue weighted by Crippen LogP contribution is 2.50. The van der Waals surface area contributed by atoms with E-state index in [1.54, 1.807) is 10.9 Å². The number of nitrogens with two attached hydrogens (primary N) is 1. The molecule has 2 aliphatic rings. The first-order chi connectivity index (χ1) is 12.9. The summed E-state index contributed by atoms with van der Waals surface area (Å²) in [6, 6.07) is 9.86. The third-order valence-electron chi connectivity index (χ3n) is 5.28. The molecule has 6 heteroatoms. The van der Waals surface area contributed by atoms with Crippen molar-refractivity contribution in [3.05, 3.63) is 59.1 Å². The first kappa shape index (κ1) is 17.7. The van der Waals surface area contributed by atoms with Gasteiger partial charge in [0.25, 0.3) is 0 Å². The lowest BCUT2D eigenvalue weighted by Crippen LogP contribution is -2.42. The molecule has 0 fully saturated rings. The summed E-state index contributed by atoms with van der Waals surface area (Å²) in [6.45, 7) is 4.44. The highest BCUT2D eigenvalue weighted by atomic mass is 16.5. The fraction of sp³-hybridized carbons (Fsp3) is 0.381. The van der Waals surface area contributed by atoms with Gasteiger partial charge in [0.15, 0.2) is 5.78 Å². The number of fused-ring (bicyclic) bond motifs is 1. The van der Waals surface area contributed by atoms with Gasteiger partial charge in [0.05, 0.1) is 19.1 Å². The summed E-state index contributed by atoms with van der Waals surface area (Å²) in [4.78, 5) is 17.6. The maximum Gasteiger partial charge on any atom is 0.305 e. The second kappa shape index (κ2) is 6.46. The molecule has 0 saturated carbocycles. The van der Waals surface area contributed by atoms with Crippen LogP contribution in [0.5, 0.6) is 5.88 Å². The number of ether oxygens (including phenoxy) is 1. The molecule has 0 spiro atoms. The molecule has 1 aromatic heterocycles. The van der Waals surface area contributed by atoms with E-state index in [4.69, 9.17) is 10.5 Å². The number of aromatic nitrogens is 2. The second-order valence-corrected chi connectivity index (χ2v) is 7.99. The number of aliphatic hydroxyl groups is 1. The lowest BCUT2D eigenvalue weighted by Gasteiger charge is -2.37. The van der Waals surface area contributed by atoms with E-state index in [-0.39, 0.29) is 23.7 Å². The van der Waals surface area contributed by atoms with Crippen LogP contribution in [0.15, 0.2) is 48.0 Å². The topological polar surface area (TPSA) is 89.3 Å². The summed E-state index contributed by atoms with van der Waals surface area (Å²) in [5, 5.41) is 9.32. The van der Waals surface area contributed by atoms with Crippen LogP contribution in [-0.2, 0) is 11.3 Å². The summed E-state index contributed by atoms with van der Waals surface area (Å²) in [7, 11) is 0. The van der Waals surface area contributed by atoms with Crippen LogP contribution in [-0.4, -0.2) is 22.5 Å². The highest BCUT2D eigenvalue weighted by Gasteiger charge is 2.45. The number of hydrogen-bond donors (Lipinski definition) is 2. The molecular formula is C21H24N3O3+. The third kappa shape index (κ3) is 3.00. The first-order valence-electron chi connectivity index (χ1n) is 9.19. The predicted molar refractivity (Wildman–Crippen MR) is 99.9 cm³/mol. The molecule has 4 rings (SSSR count). The van der Waals surface area contributed by atoms with Crippen LogP contribution in [0.3, 0.4) is 0 Å². The van der Waals surface area contributed by atoms with Gasteiger partial charge in [-0.3, -0.25) is 4.79 Å². The van der Waals surface area contributed by atoms with Crippen LogP contribution in [0.4, 0.5) is 5.82 Å². The van der Waals surface area contributed by atoms with Gasteiger partial charge >= 0.3 is 5.88 Å². The Morgan fingerprint density at radius 3 is 2.74 bits per heavy atom. The van der Waals surface area contributed by atoms with Crippen LogP contribution < -0.4 is 15.0 Å². The molecule has 140 valence electrons. The minimum absolute atomic E-state index is 0.0484. The molecule has 1 aromatic carbocycles. The highest BCUT2D eigenvalue weighted by molar-refractivity contribution is 6.00. The number of aliphatic hydroxyl groups excluding tert-OH is 1. The van der Waals surface area contributed by atoms with Crippen molar-refractivity contribution >= 4 is 11.6 Å². The molecule has 0 saturated heterocycles. The minimum Gasteiger partial charge on any atom is -0.430 e. The monoisotopic (exact) mass is 366 g/mol. The summed E-state index contributed by atoms with van der Waals surface area (Å²) >= 11 is 0. The summed E-state index contributed by atoms with van der Waals surface area (Å²) in [5.74, 6) is 1.39. The Kier molecular flexibility index (Phi) is 4.23. The number of hydrogen-bond acceptors (Lipinski definition) is 5. The molecule has 2 aromatic rings. The van der Waals surface area contributed by atoms with E-state index in [0.717, 1.165) is 5.56 Å². The number of benzene rings is 1. The van der Waals surface area contributed by atoms with Gasteiger partial charge in [0.2, 0.25) is 12.1 Å². The van der Waals surface area contributed by atoms with Crippen LogP contribution in [0.1, 0.15) is 43.7 Å². The molecule has 0 unspecified atom stereocenters. The molecular weight excluding hydrogens is 342 g/mol. The average Bonchev–Trinajstić information content (AvgIpc) is 2.62. The molecule has 6 nitrogen and oxygen atoms in total. The van der Waals surface area contributed by atoms with E-state index in [1.807, 2.05) is 30.3 Å². The van der Waals surface area contributed by atoms with Gasteiger partial charge in [-0.25, -0.2) is 4.57 Å². The van der Waals surface area contributed by atoms with E-state index >= 15 is 0 Å². The first-order valence-corrected chi connectivity index (χ1v) is 9.19. The Morgan fingerprint density at radius 2 is 2.04 bits per heavy atom. The lowest BCUT2D eigenvalue weighted by atomic mass is 9.70. The second-order valence-electron chi connectivity index (χ2n) is 7.99. The molecule has 2 heterocycles. The molecule has 0 radical (unpaired) electrons. The van der Waals surface area contributed by atoms with Crippen molar-refractivity contribution in [2.24, 2.45) is 5.41 Å². The van der Waals surface area contributed by atoms with Gasteiger partial charge in [-0.2, -0.15) is 0 Å². The van der Waals surface area contributed by atoms with E-state index < -0.39 is 0 Å². The van der Waals surface area contributed by atoms with E-state index in [2.05, 4.69) is 18.8 Å². The Balaban J connectivity index is 1.95. The summed E-state index contributed by atoms with van der Waals surface area (Å²) < 4.78 is 7.79. The van der Waals surface area contributed by atoms with Crippen molar-refractivity contribution < 1.29 is 19.2 Å². The number of carbonyl (C=O) groups excluding carboxylic acids is 1. The van der Waals surface area contributed by atoms with Gasteiger partial charge in [0.1, 0.15) is 11.3 Å². The number of carbonyl (C=O) groups is 1. The lowest BCUT2D eigenvalue weighted by molar-refractivity contribution is -0.687. The van der Waals surface area contributed by atoms with Gasteiger partial charge in [-0.1, -0.05) is 49.2 Å². The number of nitrogen functional groups attached to an aromatic ring is 1. The van der Waals surface area contributed by atoms with E-state index in [1.165, 1.54) is 0 Å². The van der Waals surface area contributed by atoms with Gasteiger partial charge in [-0.15, -0.1) is 0 Å². The van der Waals surface area contributed by atoms with Crippen molar-refractivity contribution in [1.29, 1.82) is 0 Å². The number of rotatable bonds is 3. The Bertz CT molecular complexity index is 935. The van der Waals surface area contributed by atoms with Crippen LogP contribution in [0.25, 0.3) is 0 Å². The summed E-state index contributed by atoms with van der Waals surface area (Å²) in [5.41, 5.74) is 8.66. The van der Waals surface area contributed by atoms with Crippen molar-refractivity contribution in [2.75, 3.05) is 12.3 Å². The average molecular weight is 366 g/mol. The molecule has 0 bridgehead atoms. The normalized spacial score (nSPS) is 20.7. The van der Waals surface area contributed by atoms with Crippen molar-refractivity contribution in [3.8, 4) is 5.88 Å². The zero-order chi connectivity index (χ0) is 19.2. The summed E-state index contributed by atoms with van der Waals surface area (Å²) in [6.07, 6.45) is 2.74. The third-order valence-corrected chi connectivity index (χ3v) is 5.28. The Labute approximate surface area is 158 Å². The number of anilines is 1. The van der Waals surface area contributed by atoms with Crippen molar-refractivity contribution in [2.45, 2.75) is 39.2 Å². The SMILES string of the molecule is CC1(C)CC(=O)C2=C(C1)Oc1nc[n+](CCO)c(N)c1[C@@H]2c1ccccc1. The number of allylic oxidation sites excluding steroid dienone is 2. The number of Topliss-reactive ketones (excluding diaryl/α,β-unsaturated/α-hetero) is 1. The fourth-order valence-electron chi connectivity index (χ4n) is 4.09. The molecule has 1 aliphatic carbocycles. The molecule has 3 N–H and O–H groups in total. The molecule has 27 heavy (non-hydrogen) atoms. The smallest absolute Gasteiger partial charge is 0.305 e. The van der Waals surface area contributed by atoms with Crippen LogP contribution >= 0.6 is 0 Å². The van der Waals surface area contributed by atoms with Gasteiger partial charge < -0.3 is 15.6 Å². The standard InChI is InChI=1S/C21H23N3O3/c1-21(2)10-14(26)17-15(11-21)27-20-18(16(17)13-6-4-3-5-7-13)19(22)24(8-9-25)12-23-20/h3-7,12,16,22,25H,8-11H2,1-2H3/p+1/t16-/m1/s1. The zero-order valence-electron chi connectivity index (χ0n) is 15.6. The van der Waals surface area contributed by atoms with Gasteiger partial charge in [-0.05, 0) is 11.0 Å². The van der Waals surface area contributed by atoms with Crippen molar-refractivity contribution in [3.63, 3.8) is 0 Å². The quantitative estimate of drug-likeness (QED) is 0.812.